The highest BCUT2D eigenvalue weighted by atomic mass is 19.2. The predicted octanol–water partition coefficient (Wildman–Crippen LogP) is 4.28. The zero-order valence-corrected chi connectivity index (χ0v) is 11.5. The van der Waals surface area contributed by atoms with Crippen molar-refractivity contribution in [3.8, 4) is 0 Å². The van der Waals surface area contributed by atoms with E-state index in [0.29, 0.717) is 20.3 Å². The largest absolute Gasteiger partial charge is 0.232 e. The third-order valence-corrected chi connectivity index (χ3v) is 3.39. The smallest absolute Gasteiger partial charge is 0.182 e. The van der Waals surface area contributed by atoms with Crippen molar-refractivity contribution in [3.05, 3.63) is 52.6 Å². The van der Waals surface area contributed by atoms with E-state index in [0.717, 1.165) is 6.92 Å². The molecule has 1 aromatic rings. The van der Waals surface area contributed by atoms with Gasteiger partial charge < -0.3 is 0 Å². The summed E-state index contributed by atoms with van der Waals surface area (Å²) in [6, 6.07) is 0.339. The lowest BCUT2D eigenvalue weighted by Crippen LogP contribution is -2.32. The van der Waals surface area contributed by atoms with Crippen molar-refractivity contribution in [2.24, 2.45) is 0 Å². The van der Waals surface area contributed by atoms with E-state index in [9.17, 15) is 30.7 Å². The molecule has 0 nitrogen and oxygen atoms in total. The Kier molecular flexibility index (Phi) is 4.15. The summed E-state index contributed by atoms with van der Waals surface area (Å²) < 4.78 is 95.1. The minimum atomic E-state index is -2.98. The van der Waals surface area contributed by atoms with Gasteiger partial charge in [0.2, 0.25) is 0 Å². The van der Waals surface area contributed by atoms with Crippen molar-refractivity contribution in [2.45, 2.75) is 25.3 Å². The number of hydrogen-bond acceptors (Lipinski definition) is 0. The standard InChI is InChI=1S/C14H9BF7/c1-5-6(16)3-7(17)9(11(5)19)15-10-8(18)4-14(2,22)13(21)12(10)20/h3-4,10H,1-2H3. The number of halogens is 7. The number of alkyl halides is 1. The summed E-state index contributed by atoms with van der Waals surface area (Å²) in [5.74, 6) is -11.2. The molecule has 117 valence electrons. The lowest BCUT2D eigenvalue weighted by Gasteiger charge is -2.25. The summed E-state index contributed by atoms with van der Waals surface area (Å²) in [4.78, 5) is 0. The predicted molar refractivity (Wildman–Crippen MR) is 68.1 cm³/mol. The average molecular weight is 321 g/mol. The molecule has 0 saturated carbocycles. The van der Waals surface area contributed by atoms with Gasteiger partial charge in [-0.1, -0.05) is 0 Å². The molecule has 2 unspecified atom stereocenters. The highest BCUT2D eigenvalue weighted by Gasteiger charge is 2.41. The van der Waals surface area contributed by atoms with E-state index in [4.69, 9.17) is 0 Å². The minimum absolute atomic E-state index is 0.179. The topological polar surface area (TPSA) is 0 Å². The quantitative estimate of drug-likeness (QED) is 0.563. The molecule has 1 aliphatic carbocycles. The zero-order chi connectivity index (χ0) is 16.8. The normalized spacial score (nSPS) is 25.3. The van der Waals surface area contributed by atoms with Crippen molar-refractivity contribution < 1.29 is 30.7 Å². The first-order valence-corrected chi connectivity index (χ1v) is 6.18. The lowest BCUT2D eigenvalue weighted by molar-refractivity contribution is 0.233. The van der Waals surface area contributed by atoms with Crippen LogP contribution in [0.5, 0.6) is 0 Å². The number of hydrogen-bond donors (Lipinski definition) is 0. The van der Waals surface area contributed by atoms with Gasteiger partial charge >= 0.3 is 0 Å². The van der Waals surface area contributed by atoms with Crippen molar-refractivity contribution in [1.82, 2.24) is 0 Å². The van der Waals surface area contributed by atoms with Crippen molar-refractivity contribution in [1.29, 1.82) is 0 Å². The van der Waals surface area contributed by atoms with Crippen LogP contribution in [0.3, 0.4) is 0 Å². The summed E-state index contributed by atoms with van der Waals surface area (Å²) >= 11 is 0. The second kappa shape index (κ2) is 5.48. The molecular formula is C14H9BF7. The Labute approximate surface area is 122 Å². The van der Waals surface area contributed by atoms with Crippen LogP contribution in [-0.2, 0) is 0 Å². The summed E-state index contributed by atoms with van der Waals surface area (Å²) in [7, 11) is 0.410. The fourth-order valence-electron chi connectivity index (χ4n) is 2.08. The van der Waals surface area contributed by atoms with Gasteiger partial charge in [0.1, 0.15) is 29.1 Å². The fourth-order valence-corrected chi connectivity index (χ4v) is 2.08. The number of allylic oxidation sites excluding steroid dienone is 4. The van der Waals surface area contributed by atoms with Crippen LogP contribution in [0.1, 0.15) is 12.5 Å². The minimum Gasteiger partial charge on any atom is -0.232 e. The molecule has 0 aliphatic heterocycles. The van der Waals surface area contributed by atoms with Gasteiger partial charge in [-0.05, 0) is 25.4 Å². The van der Waals surface area contributed by atoms with Crippen LogP contribution in [0.2, 0.25) is 5.82 Å². The van der Waals surface area contributed by atoms with Gasteiger partial charge in [-0.25, -0.2) is 30.7 Å². The first kappa shape index (κ1) is 16.6. The Hall–Kier alpha value is -1.73. The monoisotopic (exact) mass is 321 g/mol. The van der Waals surface area contributed by atoms with Gasteiger partial charge in [0.25, 0.3) is 0 Å². The molecule has 0 spiro atoms. The van der Waals surface area contributed by atoms with Crippen molar-refractivity contribution in [2.75, 3.05) is 0 Å². The van der Waals surface area contributed by atoms with E-state index >= 15 is 0 Å². The van der Waals surface area contributed by atoms with E-state index in [1.807, 2.05) is 0 Å². The Morgan fingerprint density at radius 3 is 2.23 bits per heavy atom. The third-order valence-electron chi connectivity index (χ3n) is 3.39. The van der Waals surface area contributed by atoms with E-state index in [1.165, 1.54) is 0 Å². The highest BCUT2D eigenvalue weighted by Crippen LogP contribution is 2.43. The second-order valence-electron chi connectivity index (χ2n) is 5.10. The molecule has 22 heavy (non-hydrogen) atoms. The first-order chi connectivity index (χ1) is 10.1. The van der Waals surface area contributed by atoms with Crippen LogP contribution in [0, 0.1) is 24.4 Å². The van der Waals surface area contributed by atoms with E-state index < -0.39 is 57.4 Å². The zero-order valence-electron chi connectivity index (χ0n) is 11.5. The molecule has 0 saturated heterocycles. The van der Waals surface area contributed by atoms with E-state index in [-0.39, 0.29) is 6.08 Å². The van der Waals surface area contributed by atoms with Crippen LogP contribution >= 0.6 is 0 Å². The van der Waals surface area contributed by atoms with Gasteiger partial charge in [-0.2, -0.15) is 0 Å². The van der Waals surface area contributed by atoms with Crippen molar-refractivity contribution >= 4 is 12.7 Å². The molecule has 1 radical (unpaired) electrons. The molecule has 1 aromatic carbocycles. The molecule has 0 N–H and O–H groups in total. The van der Waals surface area contributed by atoms with Crippen LogP contribution in [-0.4, -0.2) is 12.9 Å². The molecule has 0 fully saturated rings. The Bertz CT molecular complexity index is 691. The highest BCUT2D eigenvalue weighted by molar-refractivity contribution is 6.56. The van der Waals surface area contributed by atoms with Crippen LogP contribution in [0.25, 0.3) is 0 Å². The maximum atomic E-state index is 13.8. The Balaban J connectivity index is 2.47. The average Bonchev–Trinajstić information content (AvgIpc) is 2.41. The van der Waals surface area contributed by atoms with Gasteiger partial charge in [0.15, 0.2) is 18.8 Å². The van der Waals surface area contributed by atoms with Gasteiger partial charge in [0, 0.05) is 17.4 Å². The molecule has 8 heteroatoms. The Morgan fingerprint density at radius 1 is 1.05 bits per heavy atom. The van der Waals surface area contributed by atoms with E-state index in [2.05, 4.69) is 0 Å². The summed E-state index contributed by atoms with van der Waals surface area (Å²) in [5.41, 5.74) is -4.46. The first-order valence-electron chi connectivity index (χ1n) is 6.18. The molecular weight excluding hydrogens is 312 g/mol. The molecule has 1 aliphatic rings. The molecule has 0 heterocycles. The third kappa shape index (κ3) is 2.66. The van der Waals surface area contributed by atoms with Crippen LogP contribution in [0.4, 0.5) is 30.7 Å². The molecule has 0 amide bonds. The molecule has 0 aromatic heterocycles. The SMILES string of the molecule is Cc1c(F)cc(F)c([B]C2C(F)=CC(C)(F)C(F)=C2F)c1F. The van der Waals surface area contributed by atoms with Gasteiger partial charge in [-0.15, -0.1) is 0 Å². The maximum absolute atomic E-state index is 13.8. The van der Waals surface area contributed by atoms with Crippen molar-refractivity contribution in [3.63, 3.8) is 0 Å². The summed E-state index contributed by atoms with van der Waals surface area (Å²) in [5, 5.41) is 0. The lowest BCUT2D eigenvalue weighted by atomic mass is 9.56. The van der Waals surface area contributed by atoms with E-state index in [1.54, 1.807) is 0 Å². The maximum Gasteiger partial charge on any atom is 0.182 e. The number of benzene rings is 1. The Morgan fingerprint density at radius 2 is 1.64 bits per heavy atom. The van der Waals surface area contributed by atoms with Crippen LogP contribution in [0.15, 0.2) is 29.6 Å². The molecule has 0 bridgehead atoms. The molecule has 2 atom stereocenters. The summed E-state index contributed by atoms with van der Waals surface area (Å²) in [6.45, 7) is 1.60. The second-order valence-corrected chi connectivity index (χ2v) is 5.10. The number of rotatable bonds is 2. The fraction of sp³-hybridized carbons (Fsp3) is 0.286. The molecule has 2 rings (SSSR count). The van der Waals surface area contributed by atoms with Crippen LogP contribution < -0.4 is 5.46 Å². The van der Waals surface area contributed by atoms with Gasteiger partial charge in [0.05, 0.1) is 0 Å². The summed E-state index contributed by atoms with van der Waals surface area (Å²) in [6.07, 6.45) is 0.179. The van der Waals surface area contributed by atoms with Gasteiger partial charge in [-0.3, -0.25) is 0 Å².